The number of aryl methyl sites for hydroxylation is 1. The van der Waals surface area contributed by atoms with Crippen molar-refractivity contribution in [3.05, 3.63) is 34.3 Å². The number of nitrogens with zero attached hydrogens (tertiary/aromatic N) is 1. The lowest BCUT2D eigenvalue weighted by Crippen LogP contribution is -2.30. The number of benzene rings is 1. The molecule has 0 saturated carbocycles. The lowest BCUT2D eigenvalue weighted by Gasteiger charge is -2.24. The Morgan fingerprint density at radius 2 is 2.05 bits per heavy atom. The van der Waals surface area contributed by atoms with Crippen LogP contribution in [0.4, 0.5) is 5.69 Å². The molecule has 0 N–H and O–H groups in total. The predicted molar refractivity (Wildman–Crippen MR) is 87.8 cm³/mol. The van der Waals surface area contributed by atoms with E-state index in [2.05, 4.69) is 22.5 Å². The zero-order chi connectivity index (χ0) is 16.2. The van der Waals surface area contributed by atoms with E-state index < -0.39 is 0 Å². The maximum absolute atomic E-state index is 12.1. The number of rotatable bonds is 5. The van der Waals surface area contributed by atoms with Crippen LogP contribution in [0, 0.1) is 13.8 Å². The maximum Gasteiger partial charge on any atom is 0.308 e. The summed E-state index contributed by atoms with van der Waals surface area (Å²) < 4.78 is 5.99. The molecule has 0 aliphatic heterocycles. The first-order chi connectivity index (χ1) is 9.83. The second-order valence-corrected chi connectivity index (χ2v) is 5.51. The summed E-state index contributed by atoms with van der Waals surface area (Å²) in [6.07, 6.45) is 2.09. The average molecular weight is 354 g/mol. The van der Waals surface area contributed by atoms with E-state index >= 15 is 0 Å². The van der Waals surface area contributed by atoms with Crippen LogP contribution in [-0.2, 0) is 9.59 Å². The quantitative estimate of drug-likeness (QED) is 0.457. The van der Waals surface area contributed by atoms with Gasteiger partial charge in [0.25, 0.3) is 0 Å². The summed E-state index contributed by atoms with van der Waals surface area (Å²) in [5, 5.41) is 0. The van der Waals surface area contributed by atoms with Gasteiger partial charge in [0.2, 0.25) is 5.91 Å². The van der Waals surface area contributed by atoms with E-state index in [1.165, 1.54) is 6.92 Å². The molecular formula is C16H20BrNO3. The molecule has 0 heterocycles. The SMILES string of the molecule is C=CCN(C(=O)CC)c1cc(C)c(OC(C)=O)c(C)c1Br. The number of carbonyl (C=O) groups is 2. The molecule has 0 spiro atoms. The van der Waals surface area contributed by atoms with Crippen molar-refractivity contribution >= 4 is 33.5 Å². The van der Waals surface area contributed by atoms with Crippen LogP contribution in [0.2, 0.25) is 0 Å². The number of ether oxygens (including phenoxy) is 1. The monoisotopic (exact) mass is 353 g/mol. The Balaban J connectivity index is 3.40. The normalized spacial score (nSPS) is 10.1. The van der Waals surface area contributed by atoms with Crippen molar-refractivity contribution in [2.24, 2.45) is 0 Å². The Morgan fingerprint density at radius 3 is 2.52 bits per heavy atom. The van der Waals surface area contributed by atoms with Crippen LogP contribution in [0.1, 0.15) is 31.4 Å². The Kier molecular flexibility index (Phi) is 6.15. The summed E-state index contributed by atoms with van der Waals surface area (Å²) in [4.78, 5) is 25.0. The van der Waals surface area contributed by atoms with Crippen molar-refractivity contribution in [3.8, 4) is 5.75 Å². The van der Waals surface area contributed by atoms with Gasteiger partial charge >= 0.3 is 5.97 Å². The first kappa shape index (κ1) is 17.4. The number of halogens is 1. The topological polar surface area (TPSA) is 46.6 Å². The minimum Gasteiger partial charge on any atom is -0.426 e. The van der Waals surface area contributed by atoms with Gasteiger partial charge in [-0.2, -0.15) is 0 Å². The van der Waals surface area contributed by atoms with E-state index in [0.717, 1.165) is 21.3 Å². The number of hydrogen-bond donors (Lipinski definition) is 0. The van der Waals surface area contributed by atoms with Gasteiger partial charge in [0.1, 0.15) is 5.75 Å². The van der Waals surface area contributed by atoms with E-state index in [-0.39, 0.29) is 11.9 Å². The summed E-state index contributed by atoms with van der Waals surface area (Å²) in [5.41, 5.74) is 2.35. The van der Waals surface area contributed by atoms with E-state index in [1.54, 1.807) is 11.0 Å². The van der Waals surface area contributed by atoms with Crippen LogP contribution >= 0.6 is 15.9 Å². The molecule has 0 aliphatic carbocycles. The first-order valence-electron chi connectivity index (χ1n) is 6.72. The lowest BCUT2D eigenvalue weighted by atomic mass is 10.1. The van der Waals surface area contributed by atoms with Crippen molar-refractivity contribution in [1.82, 2.24) is 0 Å². The fraction of sp³-hybridized carbons (Fsp3) is 0.375. The Hall–Kier alpha value is -1.62. The van der Waals surface area contributed by atoms with E-state index in [0.29, 0.717) is 18.7 Å². The minimum absolute atomic E-state index is 0.00892. The summed E-state index contributed by atoms with van der Waals surface area (Å²) in [7, 11) is 0. The molecule has 5 heteroatoms. The van der Waals surface area contributed by atoms with E-state index in [1.807, 2.05) is 26.8 Å². The van der Waals surface area contributed by atoms with Gasteiger partial charge in [0, 0.05) is 29.9 Å². The molecule has 0 saturated heterocycles. The van der Waals surface area contributed by atoms with E-state index in [4.69, 9.17) is 4.74 Å². The molecule has 1 aromatic carbocycles. The minimum atomic E-state index is -0.367. The van der Waals surface area contributed by atoms with Crippen LogP contribution < -0.4 is 9.64 Å². The van der Waals surface area contributed by atoms with Crippen LogP contribution in [0.15, 0.2) is 23.2 Å². The van der Waals surface area contributed by atoms with Gasteiger partial charge in [-0.1, -0.05) is 13.0 Å². The zero-order valence-corrected chi connectivity index (χ0v) is 14.4. The van der Waals surface area contributed by atoms with Crippen molar-refractivity contribution in [2.45, 2.75) is 34.1 Å². The molecule has 114 valence electrons. The average Bonchev–Trinajstić information content (AvgIpc) is 2.44. The number of hydrogen-bond acceptors (Lipinski definition) is 3. The van der Waals surface area contributed by atoms with Crippen LogP contribution in [0.5, 0.6) is 5.75 Å². The zero-order valence-electron chi connectivity index (χ0n) is 12.8. The third-order valence-electron chi connectivity index (χ3n) is 3.06. The van der Waals surface area contributed by atoms with E-state index in [9.17, 15) is 9.59 Å². The van der Waals surface area contributed by atoms with Crippen molar-refractivity contribution in [3.63, 3.8) is 0 Å². The molecule has 21 heavy (non-hydrogen) atoms. The van der Waals surface area contributed by atoms with Crippen LogP contribution in [-0.4, -0.2) is 18.4 Å². The summed E-state index contributed by atoms with van der Waals surface area (Å²) in [6, 6.07) is 1.84. The molecule has 0 bridgehead atoms. The number of carbonyl (C=O) groups excluding carboxylic acids is 2. The number of anilines is 1. The van der Waals surface area contributed by atoms with Crippen LogP contribution in [0.25, 0.3) is 0 Å². The first-order valence-corrected chi connectivity index (χ1v) is 7.52. The fourth-order valence-electron chi connectivity index (χ4n) is 2.07. The molecule has 1 amide bonds. The van der Waals surface area contributed by atoms with Gasteiger partial charge in [-0.3, -0.25) is 9.59 Å². The summed E-state index contributed by atoms with van der Waals surface area (Å²) >= 11 is 3.50. The fourth-order valence-corrected chi connectivity index (χ4v) is 2.58. The van der Waals surface area contributed by atoms with Crippen molar-refractivity contribution < 1.29 is 14.3 Å². The largest absolute Gasteiger partial charge is 0.426 e. The molecule has 0 aromatic heterocycles. The molecule has 0 unspecified atom stereocenters. The van der Waals surface area contributed by atoms with Gasteiger partial charge in [-0.05, 0) is 41.4 Å². The highest BCUT2D eigenvalue weighted by molar-refractivity contribution is 9.10. The van der Waals surface area contributed by atoms with Gasteiger partial charge < -0.3 is 9.64 Å². The molecule has 0 atom stereocenters. The lowest BCUT2D eigenvalue weighted by molar-refractivity contribution is -0.132. The highest BCUT2D eigenvalue weighted by Crippen LogP contribution is 2.38. The Bertz CT molecular complexity index is 581. The standard InChI is InChI=1S/C16H20BrNO3/c1-6-8-18(14(20)7-2)13-9-10(3)16(21-12(5)19)11(4)15(13)17/h6,9H,1,7-8H2,2-5H3. The predicted octanol–water partition coefficient (Wildman–Crippen LogP) is 3.92. The van der Waals surface area contributed by atoms with Gasteiger partial charge in [0.15, 0.2) is 0 Å². The molecule has 0 radical (unpaired) electrons. The third-order valence-corrected chi connectivity index (χ3v) is 4.06. The molecule has 4 nitrogen and oxygen atoms in total. The highest BCUT2D eigenvalue weighted by Gasteiger charge is 2.20. The summed E-state index contributed by atoms with van der Waals surface area (Å²) in [6.45, 7) is 11.0. The summed E-state index contributed by atoms with van der Waals surface area (Å²) in [5.74, 6) is 0.170. The van der Waals surface area contributed by atoms with Crippen LogP contribution in [0.3, 0.4) is 0 Å². The molecule has 1 rings (SSSR count). The Labute approximate surface area is 133 Å². The van der Waals surface area contributed by atoms with Gasteiger partial charge in [0.05, 0.1) is 5.69 Å². The smallest absolute Gasteiger partial charge is 0.308 e. The van der Waals surface area contributed by atoms with Gasteiger partial charge in [-0.15, -0.1) is 6.58 Å². The second kappa shape index (κ2) is 7.41. The molecule has 0 fully saturated rings. The van der Waals surface area contributed by atoms with Crippen molar-refractivity contribution in [2.75, 3.05) is 11.4 Å². The molecule has 0 aliphatic rings. The van der Waals surface area contributed by atoms with Gasteiger partial charge in [-0.25, -0.2) is 0 Å². The Morgan fingerprint density at radius 1 is 1.43 bits per heavy atom. The second-order valence-electron chi connectivity index (χ2n) is 4.72. The number of esters is 1. The highest BCUT2D eigenvalue weighted by atomic mass is 79.9. The molecule has 1 aromatic rings. The van der Waals surface area contributed by atoms with Crippen molar-refractivity contribution in [1.29, 1.82) is 0 Å². The number of amides is 1. The third kappa shape index (κ3) is 3.94. The maximum atomic E-state index is 12.1. The molecular weight excluding hydrogens is 334 g/mol.